The number of amides is 2. The number of aldehydes is 1. The highest BCUT2D eigenvalue weighted by Crippen LogP contribution is 2.30. The normalized spacial score (nSPS) is 18.5. The fourth-order valence-electron chi connectivity index (χ4n) is 6.38. The van der Waals surface area contributed by atoms with E-state index < -0.39 is 47.1 Å². The number of carbonyl (C=O) groups is 3. The molecule has 0 saturated carbocycles. The fraction of sp³-hybridized carbons (Fsp3) is 0.587. The molecule has 2 aliphatic rings. The molecular weight excluding hydrogens is 703 g/mol. The van der Waals surface area contributed by atoms with Gasteiger partial charge in [-0.3, -0.25) is 9.69 Å². The lowest BCUT2D eigenvalue weighted by Gasteiger charge is -2.34. The van der Waals surface area contributed by atoms with Gasteiger partial charge in [0.1, 0.15) is 35.5 Å². The summed E-state index contributed by atoms with van der Waals surface area (Å²) >= 11 is 0. The van der Waals surface area contributed by atoms with Crippen molar-refractivity contribution in [3.05, 3.63) is 70.8 Å². The molecule has 9 nitrogen and oxygen atoms in total. The molecule has 10 heteroatoms. The van der Waals surface area contributed by atoms with Gasteiger partial charge in [0, 0.05) is 11.1 Å². The number of ether oxygens (including phenoxy) is 3. The third kappa shape index (κ3) is 16.2. The van der Waals surface area contributed by atoms with Gasteiger partial charge >= 0.3 is 6.09 Å². The predicted octanol–water partition coefficient (Wildman–Crippen LogP) is 8.60. The molecule has 0 bridgehead atoms. The number of unbranched alkanes of at least 4 members (excludes halogenated alkanes) is 6. The standard InChI is InChI=1S/C21H28BNO3.C14H18.C11H19NO4/c1-4-5-6-7-8-16-9-11-17(12-10-16)13-14-19(24)18-15-26-21(2,3)23(18)20(22)25;1-3-5-6-7-8-14-11-9-13(4-2)10-12-14;1-10(2,3)16-9(14)12-8(6-13)7-15-11(12,4)5/h9-12,18-19,24H,4-8,15H2,1-3H3;2,9-12H,3,5-8H2,1H3;6,8H,7H2,1-5H3/t18-,19+;;8-/m1.1/s1. The maximum absolute atomic E-state index is 11.9. The zero-order valence-corrected chi connectivity index (χ0v) is 35.4. The number of terminal acetylenes is 1. The number of carbonyl (C=O) groups excluding carboxylic acids is 3. The van der Waals surface area contributed by atoms with Crippen LogP contribution in [0.15, 0.2) is 48.5 Å². The van der Waals surface area contributed by atoms with Crippen molar-refractivity contribution in [3.63, 3.8) is 0 Å². The summed E-state index contributed by atoms with van der Waals surface area (Å²) < 4.78 is 16.2. The van der Waals surface area contributed by atoms with Crippen molar-refractivity contribution in [1.82, 2.24) is 9.80 Å². The molecule has 0 unspecified atom stereocenters. The molecule has 304 valence electrons. The largest absolute Gasteiger partial charge is 0.444 e. The molecule has 4 rings (SSSR count). The van der Waals surface area contributed by atoms with Crippen LogP contribution in [-0.2, 0) is 31.8 Å². The third-order valence-electron chi connectivity index (χ3n) is 9.46. The van der Waals surface area contributed by atoms with Gasteiger partial charge in [-0.1, -0.05) is 94.4 Å². The van der Waals surface area contributed by atoms with Crippen LogP contribution in [0.1, 0.15) is 136 Å². The van der Waals surface area contributed by atoms with Gasteiger partial charge < -0.3 is 29.0 Å². The number of aliphatic hydroxyl groups excluding tert-OH is 1. The van der Waals surface area contributed by atoms with Gasteiger partial charge in [-0.25, -0.2) is 4.79 Å². The number of rotatable bonds is 12. The van der Waals surface area contributed by atoms with Crippen molar-refractivity contribution in [2.75, 3.05) is 13.2 Å². The van der Waals surface area contributed by atoms with E-state index in [4.69, 9.17) is 28.5 Å². The minimum Gasteiger partial charge on any atom is -0.444 e. The van der Waals surface area contributed by atoms with E-state index in [0.717, 1.165) is 17.5 Å². The molecule has 2 saturated heterocycles. The van der Waals surface area contributed by atoms with Crippen molar-refractivity contribution < 1.29 is 33.7 Å². The first-order valence-corrected chi connectivity index (χ1v) is 20.1. The minimum atomic E-state index is -1.02. The van der Waals surface area contributed by atoms with Crippen LogP contribution in [0.5, 0.6) is 0 Å². The average Bonchev–Trinajstić information content (AvgIpc) is 3.65. The summed E-state index contributed by atoms with van der Waals surface area (Å²) in [5.74, 6) is 7.81. The second kappa shape index (κ2) is 23.2. The first kappa shape index (κ1) is 48.1. The van der Waals surface area contributed by atoms with Gasteiger partial charge in [0.25, 0.3) is 0 Å². The van der Waals surface area contributed by atoms with Gasteiger partial charge in [-0.05, 0) is 110 Å². The Balaban J connectivity index is 0.000000310. The second-order valence-corrected chi connectivity index (χ2v) is 16.2. The lowest BCUT2D eigenvalue weighted by molar-refractivity contribution is -0.113. The molecule has 2 fully saturated rings. The molecular formula is C46H65BN2O7. The molecule has 2 aromatic carbocycles. The van der Waals surface area contributed by atoms with E-state index >= 15 is 0 Å². The Morgan fingerprint density at radius 3 is 1.79 bits per heavy atom. The number of hydrogen-bond donors (Lipinski definition) is 1. The Kier molecular flexibility index (Phi) is 19.9. The van der Waals surface area contributed by atoms with Crippen LogP contribution in [0.25, 0.3) is 0 Å². The van der Waals surface area contributed by atoms with Crippen LogP contribution in [0.4, 0.5) is 9.59 Å². The zero-order chi connectivity index (χ0) is 41.9. The van der Waals surface area contributed by atoms with Gasteiger partial charge in [0.05, 0.1) is 19.3 Å². The highest BCUT2D eigenvalue weighted by molar-refractivity contribution is 6.57. The molecule has 0 aromatic heterocycles. The molecule has 0 spiro atoms. The first-order valence-electron chi connectivity index (χ1n) is 20.1. The topological polar surface area (TPSA) is 106 Å². The highest BCUT2D eigenvalue weighted by atomic mass is 16.6. The van der Waals surface area contributed by atoms with Crippen molar-refractivity contribution in [2.24, 2.45) is 0 Å². The summed E-state index contributed by atoms with van der Waals surface area (Å²) in [5.41, 5.74) is 2.31. The Labute approximate surface area is 338 Å². The van der Waals surface area contributed by atoms with Gasteiger partial charge in [-0.2, -0.15) is 0 Å². The summed E-state index contributed by atoms with van der Waals surface area (Å²) in [4.78, 5) is 37.1. The quantitative estimate of drug-likeness (QED) is 0.0999. The van der Waals surface area contributed by atoms with E-state index in [1.807, 2.05) is 24.3 Å². The molecule has 1 N–H and O–H groups in total. The predicted molar refractivity (Wildman–Crippen MR) is 224 cm³/mol. The molecule has 0 aliphatic carbocycles. The third-order valence-corrected chi connectivity index (χ3v) is 9.46. The van der Waals surface area contributed by atoms with Crippen LogP contribution in [0.2, 0.25) is 0 Å². The highest BCUT2D eigenvalue weighted by Gasteiger charge is 2.46. The van der Waals surface area contributed by atoms with Crippen LogP contribution in [0, 0.1) is 24.2 Å². The first-order chi connectivity index (χ1) is 26.4. The Morgan fingerprint density at radius 2 is 1.34 bits per heavy atom. The van der Waals surface area contributed by atoms with Crippen LogP contribution in [0.3, 0.4) is 0 Å². The minimum absolute atomic E-state index is 0.211. The monoisotopic (exact) mass is 768 g/mol. The van der Waals surface area contributed by atoms with E-state index in [2.05, 4.69) is 55.9 Å². The molecule has 3 atom stereocenters. The number of aliphatic hydroxyl groups is 1. The lowest BCUT2D eigenvalue weighted by atomic mass is 10.0. The van der Waals surface area contributed by atoms with E-state index in [1.165, 1.54) is 78.7 Å². The van der Waals surface area contributed by atoms with Crippen LogP contribution >= 0.6 is 0 Å². The molecule has 2 aromatic rings. The Morgan fingerprint density at radius 1 is 0.857 bits per heavy atom. The van der Waals surface area contributed by atoms with Gasteiger partial charge in [0.2, 0.25) is 7.85 Å². The summed E-state index contributed by atoms with van der Waals surface area (Å²) in [7, 11) is 5.43. The van der Waals surface area contributed by atoms with E-state index in [9.17, 15) is 19.5 Å². The van der Waals surface area contributed by atoms with Gasteiger partial charge in [-0.15, -0.1) is 6.42 Å². The van der Waals surface area contributed by atoms with Crippen molar-refractivity contribution in [3.8, 4) is 24.2 Å². The molecule has 2 heterocycles. The summed E-state index contributed by atoms with van der Waals surface area (Å²) in [6.45, 7) is 17.2. The Hall–Kier alpha value is -4.09. The molecule has 56 heavy (non-hydrogen) atoms. The number of hydrogen-bond acceptors (Lipinski definition) is 7. The summed E-state index contributed by atoms with van der Waals surface area (Å²) in [5, 5.41) is 10.4. The molecule has 2 aliphatic heterocycles. The molecule has 2 amide bonds. The van der Waals surface area contributed by atoms with Crippen molar-refractivity contribution in [1.29, 1.82) is 0 Å². The van der Waals surface area contributed by atoms with Gasteiger partial charge in [0.15, 0.2) is 5.81 Å². The summed E-state index contributed by atoms with van der Waals surface area (Å²) in [6.07, 6.45) is 17.0. The van der Waals surface area contributed by atoms with E-state index in [-0.39, 0.29) is 13.2 Å². The van der Waals surface area contributed by atoms with E-state index in [1.54, 1.807) is 48.5 Å². The number of nitrogens with zero attached hydrogens (tertiary/aromatic N) is 2. The van der Waals surface area contributed by atoms with Crippen molar-refractivity contribution >= 4 is 26.0 Å². The Bertz CT molecular complexity index is 1610. The maximum atomic E-state index is 11.9. The summed E-state index contributed by atoms with van der Waals surface area (Å²) in [6, 6.07) is 15.3. The average molecular weight is 769 g/mol. The SMILES string of the molecule is C#Cc1ccc(CCCCCC)cc1.CC(C)(C)OC(=O)N1[C@H](C=O)COC1(C)C.[B]C(=O)N1[C@@H]([C@@H](O)C#Cc2ccc(CCCCCC)cc2)COC1(C)C. The van der Waals surface area contributed by atoms with E-state index in [0.29, 0.717) is 6.29 Å². The number of aryl methyl sites for hydroxylation is 2. The lowest BCUT2D eigenvalue weighted by Crippen LogP contribution is -2.51. The van der Waals surface area contributed by atoms with Crippen LogP contribution in [-0.4, -0.2) is 89.4 Å². The maximum Gasteiger partial charge on any atom is 0.413 e. The number of benzene rings is 2. The smallest absolute Gasteiger partial charge is 0.413 e. The van der Waals surface area contributed by atoms with Crippen molar-refractivity contribution in [2.45, 2.75) is 162 Å². The second-order valence-electron chi connectivity index (χ2n) is 16.2. The zero-order valence-electron chi connectivity index (χ0n) is 35.4. The van der Waals surface area contributed by atoms with Crippen LogP contribution < -0.4 is 0 Å². The molecule has 2 radical (unpaired) electrons. The fourth-order valence-corrected chi connectivity index (χ4v) is 6.38.